The molecule has 31 heavy (non-hydrogen) atoms. The first-order valence-corrected chi connectivity index (χ1v) is 11.8. The maximum atomic E-state index is 12.2. The van der Waals surface area contributed by atoms with Crippen molar-refractivity contribution in [1.82, 2.24) is 10.6 Å². The number of carbonyl (C=O) groups excluding carboxylic acids is 4. The lowest BCUT2D eigenvalue weighted by Gasteiger charge is -2.17. The van der Waals surface area contributed by atoms with Crippen LogP contribution < -0.4 is 16.4 Å². The fourth-order valence-corrected chi connectivity index (χ4v) is 3.30. The van der Waals surface area contributed by atoms with E-state index in [1.807, 2.05) is 0 Å². The first kappa shape index (κ1) is 28.9. The number of unbranched alkanes of at least 4 members (excludes halogenated alkanes) is 10. The molecule has 0 aliphatic rings. The molecule has 0 aromatic rings. The number of carbonyl (C=O) groups is 4. The fourth-order valence-electron chi connectivity index (χ4n) is 3.30. The zero-order valence-electron chi connectivity index (χ0n) is 19.5. The van der Waals surface area contributed by atoms with Crippen LogP contribution in [0.4, 0.5) is 0 Å². The third-order valence-electron chi connectivity index (χ3n) is 5.15. The zero-order chi connectivity index (χ0) is 23.3. The van der Waals surface area contributed by atoms with Crippen LogP contribution in [-0.2, 0) is 23.9 Å². The van der Waals surface area contributed by atoms with Crippen LogP contribution in [0.2, 0.25) is 0 Å². The summed E-state index contributed by atoms with van der Waals surface area (Å²) in [6.07, 6.45) is 13.8. The fraction of sp³-hybridized carbons (Fsp3) is 0.826. The van der Waals surface area contributed by atoms with Gasteiger partial charge < -0.3 is 21.1 Å². The number of ether oxygens (including phenoxy) is 1. The van der Waals surface area contributed by atoms with Crippen LogP contribution in [-0.4, -0.2) is 43.4 Å². The van der Waals surface area contributed by atoms with Gasteiger partial charge in [0, 0.05) is 19.4 Å². The van der Waals surface area contributed by atoms with Crippen molar-refractivity contribution in [3.05, 3.63) is 0 Å². The van der Waals surface area contributed by atoms with Gasteiger partial charge in [-0.05, 0) is 12.8 Å². The Balaban J connectivity index is 3.96. The molecule has 0 aliphatic carbocycles. The molecule has 0 radical (unpaired) electrons. The molecule has 180 valence electrons. The lowest BCUT2D eigenvalue weighted by atomic mass is 10.0. The highest BCUT2D eigenvalue weighted by Crippen LogP contribution is 2.12. The molecule has 0 aliphatic heterocycles. The van der Waals surface area contributed by atoms with E-state index in [0.717, 1.165) is 19.3 Å². The number of esters is 1. The SMILES string of the molecule is CCCCCCCCCCCCCC(=O)N[C@H](CC(N)=O)C(=O)NCCCC(=O)OC. The molecule has 0 bridgehead atoms. The average Bonchev–Trinajstić information content (AvgIpc) is 2.73. The molecule has 0 fully saturated rings. The van der Waals surface area contributed by atoms with Crippen LogP contribution in [0.1, 0.15) is 103 Å². The van der Waals surface area contributed by atoms with Crippen molar-refractivity contribution >= 4 is 23.7 Å². The molecule has 0 unspecified atom stereocenters. The molecule has 3 amide bonds. The first-order chi connectivity index (χ1) is 14.9. The van der Waals surface area contributed by atoms with Crippen LogP contribution in [0.15, 0.2) is 0 Å². The summed E-state index contributed by atoms with van der Waals surface area (Å²) in [5, 5.41) is 5.22. The van der Waals surface area contributed by atoms with Gasteiger partial charge >= 0.3 is 5.97 Å². The number of hydrogen-bond donors (Lipinski definition) is 3. The highest BCUT2D eigenvalue weighted by molar-refractivity contribution is 5.91. The molecule has 0 aromatic heterocycles. The van der Waals surface area contributed by atoms with Gasteiger partial charge in [0.1, 0.15) is 6.04 Å². The second kappa shape index (κ2) is 19.8. The van der Waals surface area contributed by atoms with Gasteiger partial charge in [0.2, 0.25) is 17.7 Å². The molecular weight excluding hydrogens is 398 g/mol. The average molecular weight is 442 g/mol. The summed E-state index contributed by atoms with van der Waals surface area (Å²) < 4.78 is 4.53. The van der Waals surface area contributed by atoms with Crippen LogP contribution in [0.25, 0.3) is 0 Å². The van der Waals surface area contributed by atoms with Crippen molar-refractivity contribution < 1.29 is 23.9 Å². The first-order valence-electron chi connectivity index (χ1n) is 11.8. The number of amides is 3. The van der Waals surface area contributed by atoms with Gasteiger partial charge in [0.15, 0.2) is 0 Å². The van der Waals surface area contributed by atoms with E-state index in [-0.39, 0.29) is 31.3 Å². The Labute approximate surface area is 187 Å². The Bertz CT molecular complexity index is 525. The number of nitrogens with two attached hydrogens (primary N) is 1. The zero-order valence-corrected chi connectivity index (χ0v) is 19.5. The van der Waals surface area contributed by atoms with Crippen LogP contribution in [0.5, 0.6) is 0 Å². The van der Waals surface area contributed by atoms with E-state index in [9.17, 15) is 19.2 Å². The topological polar surface area (TPSA) is 128 Å². The summed E-state index contributed by atoms with van der Waals surface area (Å²) in [7, 11) is 1.30. The third kappa shape index (κ3) is 18.4. The predicted octanol–water partition coefficient (Wildman–Crippen LogP) is 3.12. The highest BCUT2D eigenvalue weighted by atomic mass is 16.5. The van der Waals surface area contributed by atoms with Crippen LogP contribution >= 0.6 is 0 Å². The van der Waals surface area contributed by atoms with Crippen molar-refractivity contribution in [2.75, 3.05) is 13.7 Å². The van der Waals surface area contributed by atoms with Gasteiger partial charge in [0.05, 0.1) is 13.5 Å². The maximum Gasteiger partial charge on any atom is 0.305 e. The lowest BCUT2D eigenvalue weighted by molar-refractivity contribution is -0.140. The van der Waals surface area contributed by atoms with E-state index < -0.39 is 17.9 Å². The Morgan fingerprint density at radius 1 is 0.806 bits per heavy atom. The lowest BCUT2D eigenvalue weighted by Crippen LogP contribution is -2.48. The monoisotopic (exact) mass is 441 g/mol. The molecule has 0 saturated carbocycles. The van der Waals surface area contributed by atoms with Crippen molar-refractivity contribution in [3.8, 4) is 0 Å². The summed E-state index contributed by atoms with van der Waals surface area (Å²) >= 11 is 0. The van der Waals surface area contributed by atoms with Crippen molar-refractivity contribution in [1.29, 1.82) is 0 Å². The third-order valence-corrected chi connectivity index (χ3v) is 5.15. The van der Waals surface area contributed by atoms with E-state index in [0.29, 0.717) is 12.8 Å². The molecule has 0 aromatic carbocycles. The molecule has 8 heteroatoms. The van der Waals surface area contributed by atoms with E-state index in [1.165, 1.54) is 58.5 Å². The molecule has 8 nitrogen and oxygen atoms in total. The summed E-state index contributed by atoms with van der Waals surface area (Å²) in [5.74, 6) is -1.75. The van der Waals surface area contributed by atoms with Crippen LogP contribution in [0, 0.1) is 0 Å². The molecule has 4 N–H and O–H groups in total. The predicted molar refractivity (Wildman–Crippen MR) is 121 cm³/mol. The normalized spacial score (nSPS) is 11.5. The largest absolute Gasteiger partial charge is 0.469 e. The van der Waals surface area contributed by atoms with Crippen LogP contribution in [0.3, 0.4) is 0 Å². The van der Waals surface area contributed by atoms with Gasteiger partial charge in [-0.2, -0.15) is 0 Å². The number of primary amides is 1. The Morgan fingerprint density at radius 2 is 1.35 bits per heavy atom. The van der Waals surface area contributed by atoms with E-state index in [2.05, 4.69) is 22.3 Å². The van der Waals surface area contributed by atoms with E-state index >= 15 is 0 Å². The summed E-state index contributed by atoms with van der Waals surface area (Å²) in [5.41, 5.74) is 5.20. The van der Waals surface area contributed by atoms with Crippen molar-refractivity contribution in [2.24, 2.45) is 5.73 Å². The minimum atomic E-state index is -0.990. The Morgan fingerprint density at radius 3 is 1.87 bits per heavy atom. The summed E-state index contributed by atoms with van der Waals surface area (Å²) in [4.78, 5) is 46.7. The van der Waals surface area contributed by atoms with Gasteiger partial charge in [-0.3, -0.25) is 19.2 Å². The Kier molecular flexibility index (Phi) is 18.5. The van der Waals surface area contributed by atoms with E-state index in [1.54, 1.807) is 0 Å². The smallest absolute Gasteiger partial charge is 0.305 e. The number of methoxy groups -OCH3 is 1. The number of hydrogen-bond acceptors (Lipinski definition) is 5. The molecule has 0 saturated heterocycles. The summed E-state index contributed by atoms with van der Waals surface area (Å²) in [6.45, 7) is 2.47. The van der Waals surface area contributed by atoms with Gasteiger partial charge in [-0.15, -0.1) is 0 Å². The number of rotatable bonds is 20. The molecule has 1 atom stereocenters. The summed E-state index contributed by atoms with van der Waals surface area (Å²) in [6, 6.07) is -0.990. The van der Waals surface area contributed by atoms with Crippen molar-refractivity contribution in [3.63, 3.8) is 0 Å². The molecule has 0 spiro atoms. The van der Waals surface area contributed by atoms with Gasteiger partial charge in [-0.25, -0.2) is 0 Å². The molecule has 0 rings (SSSR count). The van der Waals surface area contributed by atoms with Gasteiger partial charge in [0.25, 0.3) is 0 Å². The minimum Gasteiger partial charge on any atom is -0.469 e. The maximum absolute atomic E-state index is 12.2. The quantitative estimate of drug-likeness (QED) is 0.198. The second-order valence-corrected chi connectivity index (χ2v) is 8.05. The van der Waals surface area contributed by atoms with Crippen molar-refractivity contribution in [2.45, 2.75) is 109 Å². The van der Waals surface area contributed by atoms with E-state index in [4.69, 9.17) is 5.73 Å². The minimum absolute atomic E-state index is 0.183. The standard InChI is InChI=1S/C23H43N3O5/c1-3-4-5-6-7-8-9-10-11-12-13-15-21(28)26-19(18-20(24)27)23(30)25-17-14-16-22(29)31-2/h19H,3-18H2,1-2H3,(H2,24,27)(H,25,30)(H,26,28)/t19-/m1/s1. The molecular formula is C23H43N3O5. The number of nitrogens with one attached hydrogen (secondary N) is 2. The Hall–Kier alpha value is -2.12. The highest BCUT2D eigenvalue weighted by Gasteiger charge is 2.22. The second-order valence-electron chi connectivity index (χ2n) is 8.05. The van der Waals surface area contributed by atoms with Gasteiger partial charge in [-0.1, -0.05) is 71.1 Å². The molecule has 0 heterocycles.